The van der Waals surface area contributed by atoms with Crippen LogP contribution in [0.3, 0.4) is 0 Å². The second-order valence-electron chi connectivity index (χ2n) is 21.3. The Balaban J connectivity index is 1.71. The van der Waals surface area contributed by atoms with Crippen LogP contribution in [0.2, 0.25) is 54.4 Å². The van der Waals surface area contributed by atoms with Gasteiger partial charge >= 0.3 is 5.97 Å². The molecule has 12 heteroatoms. The molecule has 0 spiro atoms. The minimum Gasteiger partial charge on any atom is -0.469 e. The topological polar surface area (TPSA) is 90.9 Å². The molecule has 3 heterocycles. The van der Waals surface area contributed by atoms with Gasteiger partial charge in [0.2, 0.25) is 0 Å². The molecule has 3 saturated heterocycles. The maximum absolute atomic E-state index is 12.9. The lowest BCUT2D eigenvalue weighted by Gasteiger charge is -2.42. The minimum atomic E-state index is -2.17. The Kier molecular flexibility index (Phi) is 19.9. The lowest BCUT2D eigenvalue weighted by atomic mass is 9.82. The Morgan fingerprint density at radius 1 is 0.814 bits per heavy atom. The Hall–Kier alpha value is -0.679. The van der Waals surface area contributed by atoms with Crippen LogP contribution in [0.5, 0.6) is 0 Å². The van der Waals surface area contributed by atoms with Crippen molar-refractivity contribution in [3.8, 4) is 0 Å². The summed E-state index contributed by atoms with van der Waals surface area (Å²) in [4.78, 5) is 12.9. The van der Waals surface area contributed by atoms with Crippen LogP contribution in [-0.2, 0) is 41.8 Å². The first-order valence-corrected chi connectivity index (χ1v) is 31.6. The summed E-state index contributed by atoms with van der Waals surface area (Å²) in [6, 6.07) is 3.56. The summed E-state index contributed by atoms with van der Waals surface area (Å²) >= 11 is 0. The fourth-order valence-electron chi connectivity index (χ4n) is 8.76. The fourth-order valence-corrected chi connectivity index (χ4v) is 13.8. The lowest BCUT2D eigenvalue weighted by molar-refractivity contribution is -0.143. The van der Waals surface area contributed by atoms with Gasteiger partial charge in [0.1, 0.15) is 0 Å². The molecule has 0 aromatic carbocycles. The van der Waals surface area contributed by atoms with E-state index in [1.54, 1.807) is 7.11 Å². The molecule has 0 aromatic rings. The number of hydrogen-bond donors (Lipinski definition) is 0. The monoisotopic (exact) mass is 883 g/mol. The molecule has 0 saturated carbocycles. The second-order valence-corrected chi connectivity index (χ2v) is 35.6. The summed E-state index contributed by atoms with van der Waals surface area (Å²) in [6.07, 6.45) is 6.18. The van der Waals surface area contributed by atoms with Gasteiger partial charge in [0.05, 0.1) is 69.0 Å². The quantitative estimate of drug-likeness (QED) is 0.0431. The van der Waals surface area contributed by atoms with Crippen molar-refractivity contribution in [1.29, 1.82) is 0 Å². The average Bonchev–Trinajstić information content (AvgIpc) is 3.67. The molecule has 4 unspecified atom stereocenters. The highest BCUT2D eigenvalue weighted by atomic mass is 28.4. The minimum absolute atomic E-state index is 0.0293. The van der Waals surface area contributed by atoms with Crippen LogP contribution in [-0.4, -0.2) is 107 Å². The van der Waals surface area contributed by atoms with Gasteiger partial charge in [-0.2, -0.15) is 0 Å². The summed E-state index contributed by atoms with van der Waals surface area (Å²) in [6.45, 7) is 42.2. The molecule has 3 rings (SSSR count). The second kappa shape index (κ2) is 22.3. The van der Waals surface area contributed by atoms with Crippen molar-refractivity contribution in [2.75, 3.05) is 27.4 Å². The smallest absolute Gasteiger partial charge is 0.305 e. The SMILES string of the molecule is C=C1CC(CCCO[Si](CC)(CC)CC)OC1CC[C@H]1C[C@@H](C)C(=C)C(C[C@@H]2O[C@H](CC(CO[Si](C)(C)C(C)(C)C)O[Si](C)(C)C(C)(C)C)[C@H](OC)[C@H]2CC(=O)OC)O1. The average molecular weight is 883 g/mol. The highest BCUT2D eigenvalue weighted by Gasteiger charge is 2.50. The number of rotatable bonds is 23. The van der Waals surface area contributed by atoms with Gasteiger partial charge in [-0.15, -0.1) is 0 Å². The molecule has 3 fully saturated rings. The molecule has 10 atom stereocenters. The van der Waals surface area contributed by atoms with Gasteiger partial charge in [-0.3, -0.25) is 4.79 Å². The van der Waals surface area contributed by atoms with E-state index in [2.05, 4.69) is 109 Å². The van der Waals surface area contributed by atoms with Crippen LogP contribution >= 0.6 is 0 Å². The first-order valence-electron chi connectivity index (χ1n) is 23.2. The van der Waals surface area contributed by atoms with E-state index in [1.165, 1.54) is 30.8 Å². The molecular formula is C47H90O9Si3. The van der Waals surface area contributed by atoms with Crippen LogP contribution in [0.1, 0.15) is 127 Å². The van der Waals surface area contributed by atoms with E-state index in [-0.39, 0.29) is 77.2 Å². The zero-order valence-corrected chi connectivity index (χ0v) is 43.8. The Labute approximate surface area is 365 Å². The van der Waals surface area contributed by atoms with E-state index in [9.17, 15) is 4.79 Å². The van der Waals surface area contributed by atoms with Crippen molar-refractivity contribution in [1.82, 2.24) is 0 Å². The number of carbonyl (C=O) groups excluding carboxylic acids is 1. The third kappa shape index (κ3) is 14.4. The number of ether oxygens (including phenoxy) is 5. The summed E-state index contributed by atoms with van der Waals surface area (Å²) in [5.74, 6) is -0.174. The number of esters is 1. The summed E-state index contributed by atoms with van der Waals surface area (Å²) in [5, 5.41) is 0.102. The Bertz CT molecular complexity index is 1330. The molecular weight excluding hydrogens is 793 g/mol. The van der Waals surface area contributed by atoms with E-state index in [0.29, 0.717) is 25.4 Å². The molecule has 0 aromatic heterocycles. The molecule has 0 bridgehead atoms. The number of hydrogen-bond acceptors (Lipinski definition) is 9. The Morgan fingerprint density at radius 3 is 1.98 bits per heavy atom. The highest BCUT2D eigenvalue weighted by Crippen LogP contribution is 2.44. The highest BCUT2D eigenvalue weighted by molar-refractivity contribution is 6.75. The van der Waals surface area contributed by atoms with Crippen molar-refractivity contribution in [3.63, 3.8) is 0 Å². The predicted molar refractivity (Wildman–Crippen MR) is 250 cm³/mol. The van der Waals surface area contributed by atoms with Gasteiger partial charge in [0.15, 0.2) is 25.0 Å². The molecule has 3 aliphatic rings. The lowest BCUT2D eigenvalue weighted by Crippen LogP contribution is -2.49. The molecule has 3 aliphatic heterocycles. The standard InChI is InChI=1S/C47H90O9Si3/c1-19-59(20-2,21-3)51-26-22-23-36-28-34(5)40(53-36)25-24-37-27-33(4)35(6)41(54-37)31-42-39(30-44(48)49-13)45(50-14)43(55-42)29-38(56-58(17,18)47(10,11)12)32-52-57(15,16)46(7,8)9/h33,36-43,45H,5-6,19-32H2,1-4,7-18H3/t33-,36?,37+,38?,39+,40?,41?,42+,43-,45-/m1/s1. The maximum atomic E-state index is 12.9. The number of methoxy groups -OCH3 is 2. The third-order valence-corrected chi connectivity index (χ3v) is 29.0. The zero-order chi connectivity index (χ0) is 44.6. The first-order chi connectivity index (χ1) is 27.4. The molecule has 0 aliphatic carbocycles. The summed E-state index contributed by atoms with van der Waals surface area (Å²) in [7, 11) is -2.61. The van der Waals surface area contributed by atoms with Crippen LogP contribution in [0.4, 0.5) is 0 Å². The largest absolute Gasteiger partial charge is 0.469 e. The van der Waals surface area contributed by atoms with E-state index in [1.807, 2.05) is 0 Å². The van der Waals surface area contributed by atoms with Crippen LogP contribution in [0.25, 0.3) is 0 Å². The molecule has 0 N–H and O–H groups in total. The normalized spacial score (nSPS) is 29.3. The van der Waals surface area contributed by atoms with Crippen molar-refractivity contribution >= 4 is 30.9 Å². The summed E-state index contributed by atoms with van der Waals surface area (Å²) < 4.78 is 52.4. The van der Waals surface area contributed by atoms with Gasteiger partial charge in [-0.05, 0) is 110 Å². The fraction of sp³-hybridized carbons (Fsp3) is 0.894. The Morgan fingerprint density at radius 2 is 1.42 bits per heavy atom. The molecule has 9 nitrogen and oxygen atoms in total. The van der Waals surface area contributed by atoms with Crippen LogP contribution in [0.15, 0.2) is 24.3 Å². The van der Waals surface area contributed by atoms with Gasteiger partial charge in [-0.25, -0.2) is 0 Å². The van der Waals surface area contributed by atoms with E-state index in [0.717, 1.165) is 50.7 Å². The van der Waals surface area contributed by atoms with E-state index < -0.39 is 25.0 Å². The van der Waals surface area contributed by atoms with Gasteiger partial charge in [0, 0.05) is 32.5 Å². The molecule has 0 radical (unpaired) electrons. The molecule has 59 heavy (non-hydrogen) atoms. The van der Waals surface area contributed by atoms with Crippen molar-refractivity contribution in [2.45, 2.75) is 230 Å². The van der Waals surface area contributed by atoms with Crippen molar-refractivity contribution in [2.24, 2.45) is 11.8 Å². The first kappa shape index (κ1) is 52.7. The van der Waals surface area contributed by atoms with Gasteiger partial charge in [-0.1, -0.05) is 82.4 Å². The maximum Gasteiger partial charge on any atom is 0.305 e. The van der Waals surface area contributed by atoms with Crippen molar-refractivity contribution < 1.29 is 41.8 Å². The van der Waals surface area contributed by atoms with E-state index in [4.69, 9.17) is 37.0 Å². The molecule has 344 valence electrons. The zero-order valence-electron chi connectivity index (χ0n) is 40.8. The van der Waals surface area contributed by atoms with E-state index >= 15 is 0 Å². The van der Waals surface area contributed by atoms with Gasteiger partial charge < -0.3 is 37.0 Å². The van der Waals surface area contributed by atoms with Gasteiger partial charge in [0.25, 0.3) is 0 Å². The summed E-state index contributed by atoms with van der Waals surface area (Å²) in [5.41, 5.74) is 2.29. The van der Waals surface area contributed by atoms with Crippen LogP contribution < -0.4 is 0 Å². The van der Waals surface area contributed by atoms with Crippen molar-refractivity contribution in [3.05, 3.63) is 24.3 Å². The van der Waals surface area contributed by atoms with Crippen LogP contribution in [0, 0.1) is 11.8 Å². The predicted octanol–water partition coefficient (Wildman–Crippen LogP) is 11.8. The third-order valence-electron chi connectivity index (χ3n) is 15.2. The number of carbonyl (C=O) groups is 1. The molecule has 0 amide bonds.